The summed E-state index contributed by atoms with van der Waals surface area (Å²) in [7, 11) is 1.87. The number of amides is 1. The van der Waals surface area contributed by atoms with Crippen LogP contribution in [0.2, 0.25) is 0 Å². The molecule has 2 heterocycles. The third kappa shape index (κ3) is 5.58. The third-order valence-corrected chi connectivity index (χ3v) is 5.11. The van der Waals surface area contributed by atoms with Crippen LogP contribution in [0.4, 0.5) is 5.69 Å². The first-order chi connectivity index (χ1) is 13.0. The Bertz CT molecular complexity index is 681. The van der Waals surface area contributed by atoms with Gasteiger partial charge in [-0.1, -0.05) is 0 Å². The number of ether oxygens (including phenoxy) is 2. The van der Waals surface area contributed by atoms with Crippen LogP contribution in [0.15, 0.2) is 18.2 Å². The van der Waals surface area contributed by atoms with Gasteiger partial charge in [0, 0.05) is 30.8 Å². The second-order valence-electron chi connectivity index (χ2n) is 7.10. The van der Waals surface area contributed by atoms with Gasteiger partial charge in [0.1, 0.15) is 0 Å². The lowest BCUT2D eigenvalue weighted by Crippen LogP contribution is -2.36. The van der Waals surface area contributed by atoms with Gasteiger partial charge >= 0.3 is 5.97 Å². The summed E-state index contributed by atoms with van der Waals surface area (Å²) in [5, 5.41) is 11.8. The van der Waals surface area contributed by atoms with Gasteiger partial charge < -0.3 is 24.8 Å². The van der Waals surface area contributed by atoms with Crippen molar-refractivity contribution < 1.29 is 24.2 Å². The van der Waals surface area contributed by atoms with Crippen molar-refractivity contribution in [2.45, 2.75) is 31.7 Å². The van der Waals surface area contributed by atoms with Gasteiger partial charge in [0.15, 0.2) is 11.5 Å². The molecule has 27 heavy (non-hydrogen) atoms. The molecule has 0 saturated carbocycles. The topological polar surface area (TPSA) is 91.3 Å². The van der Waals surface area contributed by atoms with Crippen LogP contribution in [-0.2, 0) is 9.59 Å². The van der Waals surface area contributed by atoms with Crippen molar-refractivity contribution in [2.24, 2.45) is 0 Å². The molecule has 1 aromatic rings. The fourth-order valence-electron chi connectivity index (χ4n) is 3.60. The van der Waals surface area contributed by atoms with E-state index < -0.39 is 5.97 Å². The molecule has 3 rings (SSSR count). The molecule has 0 aromatic heterocycles. The number of hydrogen-bond donors (Lipinski definition) is 2. The molecule has 8 nitrogen and oxygen atoms in total. The number of carbonyl (C=O) groups excluding carboxylic acids is 1. The number of rotatable bonds is 7. The summed E-state index contributed by atoms with van der Waals surface area (Å²) in [6, 6.07) is 5.66. The van der Waals surface area contributed by atoms with Crippen LogP contribution in [0.3, 0.4) is 0 Å². The van der Waals surface area contributed by atoms with Crippen LogP contribution in [0.1, 0.15) is 25.7 Å². The highest BCUT2D eigenvalue weighted by Gasteiger charge is 2.22. The molecule has 2 aliphatic heterocycles. The van der Waals surface area contributed by atoms with Crippen molar-refractivity contribution in [3.05, 3.63) is 18.2 Å². The number of aliphatic carboxylic acids is 1. The Morgan fingerprint density at radius 1 is 1.26 bits per heavy atom. The summed E-state index contributed by atoms with van der Waals surface area (Å²) in [4.78, 5) is 27.3. The number of nitrogens with one attached hydrogen (secondary N) is 1. The number of hydrogen-bond acceptors (Lipinski definition) is 6. The first-order valence-electron chi connectivity index (χ1n) is 9.35. The second-order valence-corrected chi connectivity index (χ2v) is 7.10. The largest absolute Gasteiger partial charge is 0.480 e. The molecule has 2 N–H and O–H groups in total. The maximum Gasteiger partial charge on any atom is 0.317 e. The highest BCUT2D eigenvalue weighted by atomic mass is 16.7. The van der Waals surface area contributed by atoms with Gasteiger partial charge in [-0.25, -0.2) is 0 Å². The van der Waals surface area contributed by atoms with Crippen LogP contribution >= 0.6 is 0 Å². The number of nitrogens with zero attached hydrogens (tertiary/aromatic N) is 2. The van der Waals surface area contributed by atoms with Crippen LogP contribution in [0.25, 0.3) is 0 Å². The molecule has 0 bridgehead atoms. The van der Waals surface area contributed by atoms with Gasteiger partial charge in [0.05, 0.1) is 6.54 Å². The van der Waals surface area contributed by atoms with E-state index in [9.17, 15) is 9.59 Å². The molecule has 1 unspecified atom stereocenters. The zero-order chi connectivity index (χ0) is 19.2. The molecule has 1 saturated heterocycles. The van der Waals surface area contributed by atoms with Gasteiger partial charge in [0.25, 0.3) is 0 Å². The van der Waals surface area contributed by atoms with E-state index in [0.29, 0.717) is 30.2 Å². The molecule has 0 radical (unpaired) electrons. The highest BCUT2D eigenvalue weighted by Crippen LogP contribution is 2.34. The maximum atomic E-state index is 12.3. The molecule has 1 amide bonds. The standard InChI is InChI=1S/C19H27N3O5/c1-21(12-19(24)25)15-3-2-8-22(9-6-15)10-7-18(23)20-14-4-5-16-17(11-14)27-13-26-16/h4-5,11,15H,2-3,6-10,12-13H2,1H3,(H,20,23)(H,24,25). The quantitative estimate of drug-likeness (QED) is 0.746. The van der Waals surface area contributed by atoms with E-state index in [1.807, 2.05) is 11.9 Å². The van der Waals surface area contributed by atoms with Gasteiger partial charge in [-0.3, -0.25) is 14.5 Å². The van der Waals surface area contributed by atoms with Crippen LogP contribution in [0.5, 0.6) is 11.5 Å². The van der Waals surface area contributed by atoms with E-state index in [0.717, 1.165) is 32.4 Å². The normalized spacial score (nSPS) is 19.7. The van der Waals surface area contributed by atoms with Crippen LogP contribution < -0.4 is 14.8 Å². The van der Waals surface area contributed by atoms with Crippen LogP contribution in [0, 0.1) is 0 Å². The van der Waals surface area contributed by atoms with Gasteiger partial charge in [-0.15, -0.1) is 0 Å². The van der Waals surface area contributed by atoms with Crippen LogP contribution in [-0.4, -0.2) is 72.8 Å². The summed E-state index contributed by atoms with van der Waals surface area (Å²) < 4.78 is 10.6. The number of anilines is 1. The average Bonchev–Trinajstić information content (AvgIpc) is 2.95. The maximum absolute atomic E-state index is 12.3. The summed E-state index contributed by atoms with van der Waals surface area (Å²) >= 11 is 0. The summed E-state index contributed by atoms with van der Waals surface area (Å²) in [5.41, 5.74) is 0.704. The number of likely N-dealkylation sites (tertiary alicyclic amines) is 1. The number of fused-ring (bicyclic) bond motifs is 1. The minimum Gasteiger partial charge on any atom is -0.480 e. The lowest BCUT2D eigenvalue weighted by atomic mass is 10.1. The van der Waals surface area contributed by atoms with E-state index in [1.165, 1.54) is 0 Å². The number of carboxylic acid groups (broad SMARTS) is 1. The van der Waals surface area contributed by atoms with Gasteiger partial charge in [0.2, 0.25) is 12.7 Å². The monoisotopic (exact) mass is 377 g/mol. The zero-order valence-corrected chi connectivity index (χ0v) is 15.6. The molecule has 148 valence electrons. The molecule has 8 heteroatoms. The summed E-state index contributed by atoms with van der Waals surface area (Å²) in [6.45, 7) is 2.80. The minimum absolute atomic E-state index is 0.0299. The van der Waals surface area contributed by atoms with E-state index in [1.54, 1.807) is 18.2 Å². The fraction of sp³-hybridized carbons (Fsp3) is 0.579. The zero-order valence-electron chi connectivity index (χ0n) is 15.6. The van der Waals surface area contributed by atoms with Crippen molar-refractivity contribution in [1.82, 2.24) is 9.80 Å². The Labute approximate surface area is 159 Å². The van der Waals surface area contributed by atoms with E-state index in [-0.39, 0.29) is 25.3 Å². The molecule has 1 aromatic carbocycles. The van der Waals surface area contributed by atoms with E-state index in [2.05, 4.69) is 10.2 Å². The molecule has 1 fully saturated rings. The molecule has 1 atom stereocenters. The first-order valence-corrected chi connectivity index (χ1v) is 9.35. The first kappa shape index (κ1) is 19.4. The lowest BCUT2D eigenvalue weighted by Gasteiger charge is -2.25. The predicted octanol–water partition coefficient (Wildman–Crippen LogP) is 1.61. The van der Waals surface area contributed by atoms with Crippen molar-refractivity contribution >= 4 is 17.6 Å². The molecule has 2 aliphatic rings. The van der Waals surface area contributed by atoms with E-state index >= 15 is 0 Å². The lowest BCUT2D eigenvalue weighted by molar-refractivity contribution is -0.138. The van der Waals surface area contributed by atoms with Gasteiger partial charge in [-0.05, 0) is 51.5 Å². The second kappa shape index (κ2) is 9.05. The van der Waals surface area contributed by atoms with Crippen molar-refractivity contribution in [3.63, 3.8) is 0 Å². The number of benzene rings is 1. The predicted molar refractivity (Wildman–Crippen MR) is 100 cm³/mol. The SMILES string of the molecule is CN(CC(=O)O)C1CCCN(CCC(=O)Nc2ccc3c(c2)OCO3)CC1. The average molecular weight is 377 g/mol. The smallest absolute Gasteiger partial charge is 0.317 e. The van der Waals surface area contributed by atoms with Crippen molar-refractivity contribution in [3.8, 4) is 11.5 Å². The molecule has 0 spiro atoms. The molecule has 0 aliphatic carbocycles. The summed E-state index contributed by atoms with van der Waals surface area (Å²) in [5.74, 6) is 0.522. The Balaban J connectivity index is 1.42. The van der Waals surface area contributed by atoms with Crippen molar-refractivity contribution in [1.29, 1.82) is 0 Å². The molecular formula is C19H27N3O5. The third-order valence-electron chi connectivity index (χ3n) is 5.11. The highest BCUT2D eigenvalue weighted by molar-refractivity contribution is 5.91. The minimum atomic E-state index is -0.793. The van der Waals surface area contributed by atoms with Gasteiger partial charge in [-0.2, -0.15) is 0 Å². The Kier molecular flexibility index (Phi) is 6.52. The molecular weight excluding hydrogens is 350 g/mol. The Morgan fingerprint density at radius 3 is 2.89 bits per heavy atom. The van der Waals surface area contributed by atoms with Crippen molar-refractivity contribution in [2.75, 3.05) is 45.3 Å². The number of carboxylic acids is 1. The fourth-order valence-corrected chi connectivity index (χ4v) is 3.60. The Hall–Kier alpha value is -2.32. The summed E-state index contributed by atoms with van der Waals surface area (Å²) in [6.07, 6.45) is 3.35. The number of likely N-dealkylation sites (N-methyl/N-ethyl adjacent to an activating group) is 1. The number of carbonyl (C=O) groups is 2. The van der Waals surface area contributed by atoms with E-state index in [4.69, 9.17) is 14.6 Å². The Morgan fingerprint density at radius 2 is 2.07 bits per heavy atom.